The summed E-state index contributed by atoms with van der Waals surface area (Å²) in [6.45, 7) is 9.02. The Bertz CT molecular complexity index is 1150. The van der Waals surface area contributed by atoms with Crippen LogP contribution in [0.1, 0.15) is 263 Å². The van der Waals surface area contributed by atoms with Crippen LogP contribution in [0.25, 0.3) is 12.2 Å². The number of benzene rings is 1. The van der Waals surface area contributed by atoms with Gasteiger partial charge in [-0.1, -0.05) is 245 Å². The van der Waals surface area contributed by atoms with E-state index in [1.54, 1.807) is 0 Å². The summed E-state index contributed by atoms with van der Waals surface area (Å²) in [5, 5.41) is 0. The minimum atomic E-state index is 0.702. The van der Waals surface area contributed by atoms with E-state index in [1.807, 2.05) is 24.5 Å². The molecule has 0 saturated carbocycles. The van der Waals surface area contributed by atoms with Crippen LogP contribution in [0.5, 0.6) is 17.2 Å². The summed E-state index contributed by atoms with van der Waals surface area (Å²) in [5.41, 5.74) is 2.21. The van der Waals surface area contributed by atoms with Crippen molar-refractivity contribution in [3.8, 4) is 17.2 Å². The van der Waals surface area contributed by atoms with Gasteiger partial charge < -0.3 is 14.2 Å². The SMILES string of the molecule is CCCCCCCCCCCCCCOc1cc(/C=C/c2ccncc2)cc(OCCCCCCCCCCCCCC)c1OCCCCCCCCCCCCCC. The standard InChI is InChI=1S/C55H95NO3/c1-4-7-10-13-16-19-22-25-28-31-34-37-46-57-53-49-52(41-40-51-42-44-56-45-43-51)50-54(58-47-38-35-32-29-26-23-20-17-14-11-8-5-2)55(53)59-48-39-36-33-30-27-24-21-18-15-12-9-6-3/h40-45,49-50H,4-39,46-48H2,1-3H3/b41-40+. The minimum absolute atomic E-state index is 0.702. The molecule has 59 heavy (non-hydrogen) atoms. The summed E-state index contributed by atoms with van der Waals surface area (Å²) in [5.74, 6) is 2.45. The zero-order valence-corrected chi connectivity index (χ0v) is 39.4. The average molecular weight is 818 g/mol. The number of nitrogens with zero attached hydrogens (tertiary/aromatic N) is 1. The highest BCUT2D eigenvalue weighted by atomic mass is 16.5. The third-order valence-corrected chi connectivity index (χ3v) is 12.0. The van der Waals surface area contributed by atoms with Crippen LogP contribution in [0.4, 0.5) is 0 Å². The van der Waals surface area contributed by atoms with Crippen molar-refractivity contribution in [1.82, 2.24) is 4.98 Å². The Balaban J connectivity index is 1.93. The van der Waals surface area contributed by atoms with Gasteiger partial charge in [0.2, 0.25) is 5.75 Å². The van der Waals surface area contributed by atoms with Crippen LogP contribution in [-0.2, 0) is 0 Å². The zero-order valence-electron chi connectivity index (χ0n) is 39.4. The van der Waals surface area contributed by atoms with Gasteiger partial charge in [0, 0.05) is 12.4 Å². The highest BCUT2D eigenvalue weighted by Gasteiger charge is 2.16. The summed E-state index contributed by atoms with van der Waals surface area (Å²) < 4.78 is 19.8. The Hall–Kier alpha value is -2.49. The van der Waals surface area contributed by atoms with Crippen LogP contribution in [0.15, 0.2) is 36.7 Å². The maximum Gasteiger partial charge on any atom is 0.203 e. The molecule has 0 bridgehead atoms. The molecule has 338 valence electrons. The third kappa shape index (κ3) is 31.1. The van der Waals surface area contributed by atoms with Gasteiger partial charge >= 0.3 is 0 Å². The average Bonchev–Trinajstić information content (AvgIpc) is 3.26. The predicted molar refractivity (Wildman–Crippen MR) is 259 cm³/mol. The smallest absolute Gasteiger partial charge is 0.203 e. The second-order valence-corrected chi connectivity index (χ2v) is 17.7. The number of rotatable bonds is 44. The molecule has 0 atom stereocenters. The second kappa shape index (κ2) is 40.9. The van der Waals surface area contributed by atoms with Crippen molar-refractivity contribution in [2.24, 2.45) is 0 Å². The molecule has 0 aliphatic carbocycles. The van der Waals surface area contributed by atoms with Gasteiger partial charge in [0.1, 0.15) is 0 Å². The van der Waals surface area contributed by atoms with Gasteiger partial charge in [-0.3, -0.25) is 4.98 Å². The molecule has 0 unspecified atom stereocenters. The number of aromatic nitrogens is 1. The van der Waals surface area contributed by atoms with E-state index in [9.17, 15) is 0 Å². The van der Waals surface area contributed by atoms with Crippen molar-refractivity contribution in [1.29, 1.82) is 0 Å². The van der Waals surface area contributed by atoms with E-state index in [0.717, 1.165) is 47.6 Å². The lowest BCUT2D eigenvalue weighted by molar-refractivity contribution is 0.234. The molecule has 0 N–H and O–H groups in total. The largest absolute Gasteiger partial charge is 0.490 e. The van der Waals surface area contributed by atoms with Crippen molar-refractivity contribution in [3.05, 3.63) is 47.8 Å². The summed E-state index contributed by atoms with van der Waals surface area (Å²) >= 11 is 0. The first-order valence-corrected chi connectivity index (χ1v) is 25.9. The lowest BCUT2D eigenvalue weighted by Gasteiger charge is -2.18. The Labute approximate surface area is 366 Å². The maximum atomic E-state index is 6.62. The third-order valence-electron chi connectivity index (χ3n) is 12.0. The van der Waals surface area contributed by atoms with Gasteiger partial charge in [-0.25, -0.2) is 0 Å². The van der Waals surface area contributed by atoms with E-state index < -0.39 is 0 Å². The van der Waals surface area contributed by atoms with Crippen LogP contribution in [0.2, 0.25) is 0 Å². The Kier molecular flexibility index (Phi) is 36.5. The van der Waals surface area contributed by atoms with Crippen molar-refractivity contribution in [2.75, 3.05) is 19.8 Å². The first-order chi connectivity index (χ1) is 29.3. The zero-order chi connectivity index (χ0) is 41.9. The normalized spacial score (nSPS) is 11.5. The van der Waals surface area contributed by atoms with Crippen molar-refractivity contribution in [2.45, 2.75) is 252 Å². The van der Waals surface area contributed by atoms with Crippen molar-refractivity contribution in [3.63, 3.8) is 0 Å². The van der Waals surface area contributed by atoms with Gasteiger partial charge in [0.05, 0.1) is 19.8 Å². The van der Waals surface area contributed by atoms with E-state index in [4.69, 9.17) is 14.2 Å². The fourth-order valence-corrected chi connectivity index (χ4v) is 8.08. The highest BCUT2D eigenvalue weighted by Crippen LogP contribution is 2.40. The summed E-state index contributed by atoms with van der Waals surface area (Å²) in [7, 11) is 0. The van der Waals surface area contributed by atoms with E-state index in [0.29, 0.717) is 19.8 Å². The van der Waals surface area contributed by atoms with Gasteiger partial charge in [-0.15, -0.1) is 0 Å². The molecule has 4 heteroatoms. The van der Waals surface area contributed by atoms with Gasteiger partial charge in [-0.05, 0) is 54.7 Å². The molecule has 0 amide bonds. The van der Waals surface area contributed by atoms with Gasteiger partial charge in [0.25, 0.3) is 0 Å². The number of pyridine rings is 1. The quantitative estimate of drug-likeness (QED) is 0.0625. The molecule has 2 aromatic rings. The molecule has 1 aromatic heterocycles. The predicted octanol–water partition coefficient (Wildman–Crippen LogP) is 18.5. The minimum Gasteiger partial charge on any atom is -0.490 e. The number of ether oxygens (including phenoxy) is 3. The maximum absolute atomic E-state index is 6.62. The van der Waals surface area contributed by atoms with E-state index in [2.05, 4.69) is 50.0 Å². The topological polar surface area (TPSA) is 40.6 Å². The Morgan fingerprint density at radius 2 is 0.610 bits per heavy atom. The molecular formula is C55H95NO3. The van der Waals surface area contributed by atoms with E-state index in [-0.39, 0.29) is 0 Å². The van der Waals surface area contributed by atoms with Crippen LogP contribution < -0.4 is 14.2 Å². The summed E-state index contributed by atoms with van der Waals surface area (Å²) in [6, 6.07) is 8.40. The van der Waals surface area contributed by atoms with Gasteiger partial charge in [-0.2, -0.15) is 0 Å². The molecule has 1 aromatic carbocycles. The van der Waals surface area contributed by atoms with E-state index in [1.165, 1.54) is 212 Å². The highest BCUT2D eigenvalue weighted by molar-refractivity contribution is 5.72. The molecule has 0 saturated heterocycles. The van der Waals surface area contributed by atoms with Crippen LogP contribution in [0, 0.1) is 0 Å². The molecular weight excluding hydrogens is 723 g/mol. The molecule has 0 radical (unpaired) electrons. The van der Waals surface area contributed by atoms with Crippen molar-refractivity contribution < 1.29 is 14.2 Å². The molecule has 0 spiro atoms. The van der Waals surface area contributed by atoms with Crippen LogP contribution >= 0.6 is 0 Å². The first kappa shape index (κ1) is 52.6. The first-order valence-electron chi connectivity index (χ1n) is 25.9. The lowest BCUT2D eigenvalue weighted by Crippen LogP contribution is -2.07. The molecule has 0 aliphatic heterocycles. The number of unbranched alkanes of at least 4 members (excludes halogenated alkanes) is 33. The fourth-order valence-electron chi connectivity index (χ4n) is 8.08. The monoisotopic (exact) mass is 818 g/mol. The van der Waals surface area contributed by atoms with Gasteiger partial charge in [0.15, 0.2) is 11.5 Å². The molecule has 4 nitrogen and oxygen atoms in total. The Morgan fingerprint density at radius 3 is 0.932 bits per heavy atom. The molecule has 0 fully saturated rings. The van der Waals surface area contributed by atoms with Crippen LogP contribution in [-0.4, -0.2) is 24.8 Å². The van der Waals surface area contributed by atoms with E-state index >= 15 is 0 Å². The summed E-state index contributed by atoms with van der Waals surface area (Å²) in [6.07, 6.45) is 56.2. The number of hydrogen-bond acceptors (Lipinski definition) is 4. The fraction of sp³-hybridized carbons (Fsp3) is 0.764. The molecule has 2 rings (SSSR count). The second-order valence-electron chi connectivity index (χ2n) is 17.7. The number of hydrogen-bond donors (Lipinski definition) is 0. The molecule has 1 heterocycles. The Morgan fingerprint density at radius 1 is 0.339 bits per heavy atom. The van der Waals surface area contributed by atoms with Crippen molar-refractivity contribution >= 4 is 12.2 Å². The molecule has 0 aliphatic rings. The summed E-state index contributed by atoms with van der Waals surface area (Å²) in [4.78, 5) is 4.20. The lowest BCUT2D eigenvalue weighted by atomic mass is 10.1. The van der Waals surface area contributed by atoms with Crippen LogP contribution in [0.3, 0.4) is 0 Å².